The molecule has 0 fully saturated rings. The molecule has 1 N–H and O–H groups in total. The average molecular weight is 296 g/mol. The van der Waals surface area contributed by atoms with E-state index >= 15 is 0 Å². The molecule has 0 aliphatic carbocycles. The maximum absolute atomic E-state index is 12.8. The van der Waals surface area contributed by atoms with E-state index < -0.39 is 17.8 Å². The minimum atomic E-state index is -4.59. The lowest BCUT2D eigenvalue weighted by atomic mass is 9.97. The third-order valence-electron chi connectivity index (χ3n) is 2.95. The van der Waals surface area contributed by atoms with Crippen LogP contribution >= 0.6 is 0 Å². The Morgan fingerprint density at radius 1 is 1.10 bits per heavy atom. The summed E-state index contributed by atoms with van der Waals surface area (Å²) in [7, 11) is 0. The number of pyridine rings is 2. The Bertz CT molecular complexity index is 712. The lowest BCUT2D eigenvalue weighted by Crippen LogP contribution is -2.09. The van der Waals surface area contributed by atoms with E-state index in [1.165, 1.54) is 6.07 Å². The number of carbonyl (C=O) groups is 1. The first kappa shape index (κ1) is 15.0. The van der Waals surface area contributed by atoms with Crippen molar-refractivity contribution in [3.63, 3.8) is 0 Å². The van der Waals surface area contributed by atoms with Gasteiger partial charge in [0, 0.05) is 18.1 Å². The van der Waals surface area contributed by atoms with Gasteiger partial charge in [-0.3, -0.25) is 9.97 Å². The first-order chi connectivity index (χ1) is 9.70. The molecule has 0 aliphatic rings. The van der Waals surface area contributed by atoms with Gasteiger partial charge in [0.15, 0.2) is 0 Å². The molecule has 0 aromatic carbocycles. The number of halogens is 3. The molecule has 0 unspecified atom stereocenters. The molecule has 0 atom stereocenters. The Morgan fingerprint density at radius 2 is 1.76 bits per heavy atom. The largest absolute Gasteiger partial charge is 0.478 e. The highest BCUT2D eigenvalue weighted by Gasteiger charge is 2.33. The summed E-state index contributed by atoms with van der Waals surface area (Å²) >= 11 is 0. The summed E-state index contributed by atoms with van der Waals surface area (Å²) in [6, 6.07) is 2.31. The number of carboxylic acid groups (broad SMARTS) is 1. The molecule has 7 heteroatoms. The van der Waals surface area contributed by atoms with Gasteiger partial charge >= 0.3 is 12.1 Å². The van der Waals surface area contributed by atoms with Crippen LogP contribution in [0.4, 0.5) is 13.2 Å². The molecule has 0 saturated carbocycles. The summed E-state index contributed by atoms with van der Waals surface area (Å²) in [5.74, 6) is -1.25. The van der Waals surface area contributed by atoms with Crippen molar-refractivity contribution < 1.29 is 23.1 Å². The van der Waals surface area contributed by atoms with Gasteiger partial charge in [-0.15, -0.1) is 0 Å². The number of rotatable bonds is 2. The SMILES string of the molecule is Cc1cc(-c2cc(C(F)(F)F)ncc2C)c(C(=O)O)cn1. The average Bonchev–Trinajstić information content (AvgIpc) is 2.37. The van der Waals surface area contributed by atoms with Crippen molar-refractivity contribution in [3.05, 3.63) is 47.0 Å². The van der Waals surface area contributed by atoms with E-state index in [4.69, 9.17) is 5.11 Å². The topological polar surface area (TPSA) is 63.1 Å². The van der Waals surface area contributed by atoms with E-state index in [2.05, 4.69) is 9.97 Å². The van der Waals surface area contributed by atoms with Crippen LogP contribution in [-0.4, -0.2) is 21.0 Å². The van der Waals surface area contributed by atoms with Crippen molar-refractivity contribution in [2.24, 2.45) is 0 Å². The van der Waals surface area contributed by atoms with Crippen molar-refractivity contribution in [1.82, 2.24) is 9.97 Å². The summed E-state index contributed by atoms with van der Waals surface area (Å²) < 4.78 is 38.3. The van der Waals surface area contributed by atoms with Gasteiger partial charge < -0.3 is 5.11 Å². The Balaban J connectivity index is 2.72. The van der Waals surface area contributed by atoms with E-state index in [-0.39, 0.29) is 16.7 Å². The van der Waals surface area contributed by atoms with Crippen LogP contribution < -0.4 is 0 Å². The number of hydrogen-bond donors (Lipinski definition) is 1. The Kier molecular flexibility index (Phi) is 3.67. The zero-order chi connectivity index (χ0) is 15.8. The fourth-order valence-corrected chi connectivity index (χ4v) is 1.92. The van der Waals surface area contributed by atoms with Crippen LogP contribution in [0.25, 0.3) is 11.1 Å². The Hall–Kier alpha value is -2.44. The standard InChI is InChI=1S/C14H11F3N2O2/c1-7-5-19-12(14(15,16)17)4-9(7)10-3-8(2)18-6-11(10)13(20)21/h3-6H,1-2H3,(H,20,21). The van der Waals surface area contributed by atoms with Crippen LogP contribution in [0.2, 0.25) is 0 Å². The lowest BCUT2D eigenvalue weighted by molar-refractivity contribution is -0.141. The van der Waals surface area contributed by atoms with Gasteiger partial charge in [-0.05, 0) is 42.7 Å². The van der Waals surface area contributed by atoms with E-state index in [0.29, 0.717) is 11.3 Å². The fraction of sp³-hybridized carbons (Fsp3) is 0.214. The van der Waals surface area contributed by atoms with Gasteiger partial charge in [0.1, 0.15) is 5.69 Å². The normalized spacial score (nSPS) is 11.5. The number of alkyl halides is 3. The molecule has 0 amide bonds. The van der Waals surface area contributed by atoms with Gasteiger partial charge in [0.2, 0.25) is 0 Å². The van der Waals surface area contributed by atoms with Crippen LogP contribution in [0.3, 0.4) is 0 Å². The highest BCUT2D eigenvalue weighted by atomic mass is 19.4. The number of aromatic carboxylic acids is 1. The highest BCUT2D eigenvalue weighted by molar-refractivity contribution is 5.96. The lowest BCUT2D eigenvalue weighted by Gasteiger charge is -2.13. The molecule has 2 rings (SSSR count). The van der Waals surface area contributed by atoms with Crippen LogP contribution in [0.15, 0.2) is 24.5 Å². The zero-order valence-corrected chi connectivity index (χ0v) is 11.2. The third-order valence-corrected chi connectivity index (χ3v) is 2.95. The predicted molar refractivity (Wildman–Crippen MR) is 68.9 cm³/mol. The van der Waals surface area contributed by atoms with E-state index in [1.54, 1.807) is 13.8 Å². The number of aromatic nitrogens is 2. The smallest absolute Gasteiger partial charge is 0.433 e. The second kappa shape index (κ2) is 5.16. The van der Waals surface area contributed by atoms with Crippen LogP contribution in [0.1, 0.15) is 27.3 Å². The molecule has 21 heavy (non-hydrogen) atoms. The quantitative estimate of drug-likeness (QED) is 0.921. The summed E-state index contributed by atoms with van der Waals surface area (Å²) in [6.07, 6.45) is -2.37. The highest BCUT2D eigenvalue weighted by Crippen LogP contribution is 2.33. The minimum Gasteiger partial charge on any atom is -0.478 e. The molecule has 0 spiro atoms. The van der Waals surface area contributed by atoms with Crippen LogP contribution in [0.5, 0.6) is 0 Å². The first-order valence-electron chi connectivity index (χ1n) is 5.94. The minimum absolute atomic E-state index is 0.150. The van der Waals surface area contributed by atoms with Crippen molar-refractivity contribution >= 4 is 5.97 Å². The second-order valence-corrected chi connectivity index (χ2v) is 4.56. The molecule has 0 saturated heterocycles. The summed E-state index contributed by atoms with van der Waals surface area (Å²) in [5.41, 5.74) is 0.133. The summed E-state index contributed by atoms with van der Waals surface area (Å²) in [5, 5.41) is 9.16. The molecular formula is C14H11F3N2O2. The maximum atomic E-state index is 12.8. The molecule has 0 aliphatic heterocycles. The maximum Gasteiger partial charge on any atom is 0.433 e. The molecule has 2 aromatic rings. The van der Waals surface area contributed by atoms with Crippen molar-refractivity contribution in [3.8, 4) is 11.1 Å². The monoisotopic (exact) mass is 296 g/mol. The van der Waals surface area contributed by atoms with Crippen molar-refractivity contribution in [1.29, 1.82) is 0 Å². The van der Waals surface area contributed by atoms with Gasteiger partial charge in [-0.1, -0.05) is 0 Å². The third kappa shape index (κ3) is 3.01. The molecule has 4 nitrogen and oxygen atoms in total. The summed E-state index contributed by atoms with van der Waals surface area (Å²) in [4.78, 5) is 18.4. The molecule has 2 aromatic heterocycles. The molecule has 0 bridgehead atoms. The molecule has 0 radical (unpaired) electrons. The zero-order valence-electron chi connectivity index (χ0n) is 11.2. The van der Waals surface area contributed by atoms with Crippen molar-refractivity contribution in [2.45, 2.75) is 20.0 Å². The van der Waals surface area contributed by atoms with Gasteiger partial charge in [0.25, 0.3) is 0 Å². The predicted octanol–water partition coefficient (Wildman–Crippen LogP) is 3.48. The first-order valence-corrected chi connectivity index (χ1v) is 5.94. The number of hydrogen-bond acceptors (Lipinski definition) is 3. The van der Waals surface area contributed by atoms with Gasteiger partial charge in [-0.25, -0.2) is 4.79 Å². The van der Waals surface area contributed by atoms with Gasteiger partial charge in [-0.2, -0.15) is 13.2 Å². The fourth-order valence-electron chi connectivity index (χ4n) is 1.92. The Labute approximate surface area is 118 Å². The van der Waals surface area contributed by atoms with Crippen molar-refractivity contribution in [2.75, 3.05) is 0 Å². The van der Waals surface area contributed by atoms with E-state index in [9.17, 15) is 18.0 Å². The van der Waals surface area contributed by atoms with Crippen LogP contribution in [0, 0.1) is 13.8 Å². The van der Waals surface area contributed by atoms with E-state index in [1.807, 2.05) is 0 Å². The van der Waals surface area contributed by atoms with Crippen LogP contribution in [-0.2, 0) is 6.18 Å². The molecular weight excluding hydrogens is 285 g/mol. The molecule has 2 heterocycles. The Morgan fingerprint density at radius 3 is 2.33 bits per heavy atom. The summed E-state index contributed by atoms with van der Waals surface area (Å²) in [6.45, 7) is 3.21. The second-order valence-electron chi connectivity index (χ2n) is 4.56. The number of carboxylic acids is 1. The number of aryl methyl sites for hydroxylation is 2. The van der Waals surface area contributed by atoms with Gasteiger partial charge in [0.05, 0.1) is 5.56 Å². The van der Waals surface area contributed by atoms with E-state index in [0.717, 1.165) is 18.5 Å². The number of nitrogens with zero attached hydrogens (tertiary/aromatic N) is 2. The molecule has 110 valence electrons.